The Bertz CT molecular complexity index is 839. The first-order valence-corrected chi connectivity index (χ1v) is 9.53. The Morgan fingerprint density at radius 3 is 2.60 bits per heavy atom. The van der Waals surface area contributed by atoms with E-state index < -0.39 is 10.0 Å². The van der Waals surface area contributed by atoms with Gasteiger partial charge in [0.05, 0.1) is 36.8 Å². The lowest BCUT2D eigenvalue weighted by atomic mass is 10.3. The zero-order valence-electron chi connectivity index (χ0n) is 14.5. The summed E-state index contributed by atoms with van der Waals surface area (Å²) in [6.07, 6.45) is 0. The lowest BCUT2D eigenvalue weighted by molar-refractivity contribution is 0.122. The van der Waals surface area contributed by atoms with Crippen LogP contribution in [0, 0.1) is 20.8 Å². The van der Waals surface area contributed by atoms with Crippen LogP contribution in [0.15, 0.2) is 11.0 Å². The van der Waals surface area contributed by atoms with Gasteiger partial charge in [-0.05, 0) is 26.8 Å². The second-order valence-electron chi connectivity index (χ2n) is 5.99. The predicted molar refractivity (Wildman–Crippen MR) is 91.9 cm³/mol. The molecule has 1 aliphatic heterocycles. The molecule has 2 aromatic rings. The Morgan fingerprint density at radius 1 is 1.24 bits per heavy atom. The molecule has 1 saturated heterocycles. The summed E-state index contributed by atoms with van der Waals surface area (Å²) in [4.78, 5) is 11.2. The van der Waals surface area contributed by atoms with Crippen molar-refractivity contribution >= 4 is 16.0 Å². The summed E-state index contributed by atoms with van der Waals surface area (Å²) in [7, 11) is -3.66. The average Bonchev–Trinajstić information content (AvgIpc) is 2.93. The van der Waals surface area contributed by atoms with Gasteiger partial charge in [-0.1, -0.05) is 0 Å². The lowest BCUT2D eigenvalue weighted by Gasteiger charge is -2.27. The number of ether oxygens (including phenoxy) is 1. The number of nitrogens with zero attached hydrogens (tertiary/aromatic N) is 4. The van der Waals surface area contributed by atoms with Gasteiger partial charge in [0.25, 0.3) is 0 Å². The molecule has 2 aromatic heterocycles. The van der Waals surface area contributed by atoms with Gasteiger partial charge in [0.15, 0.2) is 0 Å². The number of morpholine rings is 1. The number of aromatic amines is 1. The largest absolute Gasteiger partial charge is 0.378 e. The standard InChI is InChI=1S/C15H22N6O3S/c1-10-8-13(18-15(17-10)21-4-6-24-7-5-21)9-16-25(22,23)14-11(2)19-20-12(14)3/h8,16H,4-7,9H2,1-3H3,(H,19,20). The monoisotopic (exact) mass is 366 g/mol. The van der Waals surface area contributed by atoms with Gasteiger partial charge in [-0.25, -0.2) is 23.1 Å². The molecule has 0 radical (unpaired) electrons. The van der Waals surface area contributed by atoms with Crippen LogP contribution in [-0.2, 0) is 21.3 Å². The highest BCUT2D eigenvalue weighted by molar-refractivity contribution is 7.89. The van der Waals surface area contributed by atoms with E-state index in [2.05, 4.69) is 24.9 Å². The number of H-pyrrole nitrogens is 1. The molecule has 0 aliphatic carbocycles. The van der Waals surface area contributed by atoms with Crippen molar-refractivity contribution in [3.8, 4) is 0 Å². The Hall–Kier alpha value is -2.04. The van der Waals surface area contributed by atoms with Gasteiger partial charge in [-0.15, -0.1) is 0 Å². The van der Waals surface area contributed by atoms with E-state index in [0.29, 0.717) is 36.2 Å². The first-order valence-electron chi connectivity index (χ1n) is 8.05. The molecular formula is C15H22N6O3S. The molecule has 0 amide bonds. The third-order valence-electron chi connectivity index (χ3n) is 3.96. The number of anilines is 1. The van der Waals surface area contributed by atoms with E-state index in [4.69, 9.17) is 4.74 Å². The van der Waals surface area contributed by atoms with Crippen LogP contribution < -0.4 is 9.62 Å². The number of rotatable bonds is 5. The Kier molecular flexibility index (Phi) is 5.02. The van der Waals surface area contributed by atoms with Crippen LogP contribution in [0.1, 0.15) is 22.8 Å². The van der Waals surface area contributed by atoms with Crippen LogP contribution >= 0.6 is 0 Å². The normalized spacial score (nSPS) is 15.6. The van der Waals surface area contributed by atoms with Gasteiger partial charge < -0.3 is 9.64 Å². The van der Waals surface area contributed by atoms with E-state index in [0.717, 1.165) is 18.8 Å². The highest BCUT2D eigenvalue weighted by atomic mass is 32.2. The van der Waals surface area contributed by atoms with Crippen molar-refractivity contribution in [2.75, 3.05) is 31.2 Å². The van der Waals surface area contributed by atoms with Crippen molar-refractivity contribution in [3.05, 3.63) is 28.8 Å². The lowest BCUT2D eigenvalue weighted by Crippen LogP contribution is -2.37. The summed E-state index contributed by atoms with van der Waals surface area (Å²) in [5, 5.41) is 6.63. The van der Waals surface area contributed by atoms with E-state index in [-0.39, 0.29) is 11.4 Å². The third-order valence-corrected chi connectivity index (χ3v) is 5.63. The quantitative estimate of drug-likeness (QED) is 0.789. The summed E-state index contributed by atoms with van der Waals surface area (Å²) in [5.41, 5.74) is 2.37. The van der Waals surface area contributed by atoms with E-state index >= 15 is 0 Å². The Morgan fingerprint density at radius 2 is 1.96 bits per heavy atom. The number of aryl methyl sites for hydroxylation is 3. The van der Waals surface area contributed by atoms with Gasteiger partial charge >= 0.3 is 0 Å². The fourth-order valence-electron chi connectivity index (χ4n) is 2.79. The zero-order chi connectivity index (χ0) is 18.0. The summed E-state index contributed by atoms with van der Waals surface area (Å²) >= 11 is 0. The summed E-state index contributed by atoms with van der Waals surface area (Å²) in [6, 6.07) is 1.78. The minimum absolute atomic E-state index is 0.0904. The van der Waals surface area contributed by atoms with Crippen LogP contribution in [0.25, 0.3) is 0 Å². The van der Waals surface area contributed by atoms with E-state index in [1.807, 2.05) is 11.8 Å². The molecule has 9 nitrogen and oxygen atoms in total. The molecule has 136 valence electrons. The third kappa shape index (κ3) is 3.97. The van der Waals surface area contributed by atoms with Gasteiger partial charge in [0.1, 0.15) is 4.90 Å². The SMILES string of the molecule is Cc1cc(CNS(=O)(=O)c2c(C)n[nH]c2C)nc(N2CCOCC2)n1. The molecular weight excluding hydrogens is 344 g/mol. The fourth-order valence-corrected chi connectivity index (χ4v) is 4.16. The van der Waals surface area contributed by atoms with Crippen LogP contribution in [0.2, 0.25) is 0 Å². The molecule has 0 unspecified atom stereocenters. The predicted octanol–water partition coefficient (Wildman–Crippen LogP) is 0.440. The van der Waals surface area contributed by atoms with Crippen LogP contribution in [0.4, 0.5) is 5.95 Å². The van der Waals surface area contributed by atoms with Crippen LogP contribution in [0.5, 0.6) is 0 Å². The molecule has 0 bridgehead atoms. The average molecular weight is 366 g/mol. The number of nitrogens with one attached hydrogen (secondary N) is 2. The number of hydrogen-bond acceptors (Lipinski definition) is 7. The highest BCUT2D eigenvalue weighted by Gasteiger charge is 2.22. The van der Waals surface area contributed by atoms with Gasteiger partial charge in [-0.2, -0.15) is 5.10 Å². The topological polar surface area (TPSA) is 113 Å². The maximum atomic E-state index is 12.5. The number of hydrogen-bond donors (Lipinski definition) is 2. The van der Waals surface area contributed by atoms with Crippen LogP contribution in [-0.4, -0.2) is 54.9 Å². The molecule has 0 atom stereocenters. The van der Waals surface area contributed by atoms with Crippen molar-refractivity contribution < 1.29 is 13.2 Å². The minimum atomic E-state index is -3.66. The van der Waals surface area contributed by atoms with Gasteiger partial charge in [0, 0.05) is 18.8 Å². The van der Waals surface area contributed by atoms with E-state index in [1.54, 1.807) is 19.9 Å². The molecule has 3 rings (SSSR count). The van der Waals surface area contributed by atoms with Crippen molar-refractivity contribution in [3.63, 3.8) is 0 Å². The molecule has 0 aromatic carbocycles. The molecule has 2 N–H and O–H groups in total. The van der Waals surface area contributed by atoms with Crippen molar-refractivity contribution in [2.45, 2.75) is 32.2 Å². The van der Waals surface area contributed by atoms with E-state index in [9.17, 15) is 8.42 Å². The first kappa shape index (κ1) is 17.8. The van der Waals surface area contributed by atoms with Crippen molar-refractivity contribution in [2.24, 2.45) is 0 Å². The highest BCUT2D eigenvalue weighted by Crippen LogP contribution is 2.17. The minimum Gasteiger partial charge on any atom is -0.378 e. The maximum absolute atomic E-state index is 12.5. The van der Waals surface area contributed by atoms with Gasteiger partial charge in [0.2, 0.25) is 16.0 Å². The van der Waals surface area contributed by atoms with Crippen molar-refractivity contribution in [1.82, 2.24) is 24.9 Å². The summed E-state index contributed by atoms with van der Waals surface area (Å²) in [6.45, 7) is 8.02. The molecule has 0 spiro atoms. The second kappa shape index (κ2) is 7.06. The molecule has 1 fully saturated rings. The summed E-state index contributed by atoms with van der Waals surface area (Å²) < 4.78 is 33.0. The second-order valence-corrected chi connectivity index (χ2v) is 7.69. The molecule has 25 heavy (non-hydrogen) atoms. The van der Waals surface area contributed by atoms with Gasteiger partial charge in [-0.3, -0.25) is 5.10 Å². The maximum Gasteiger partial charge on any atom is 0.244 e. The number of aromatic nitrogens is 4. The van der Waals surface area contributed by atoms with E-state index in [1.165, 1.54) is 0 Å². The number of sulfonamides is 1. The zero-order valence-corrected chi connectivity index (χ0v) is 15.4. The molecule has 0 saturated carbocycles. The smallest absolute Gasteiger partial charge is 0.244 e. The Labute approximate surface area is 146 Å². The molecule has 1 aliphatic rings. The van der Waals surface area contributed by atoms with Crippen LogP contribution in [0.3, 0.4) is 0 Å². The Balaban J connectivity index is 1.78. The van der Waals surface area contributed by atoms with Crippen molar-refractivity contribution in [1.29, 1.82) is 0 Å². The molecule has 10 heteroatoms. The molecule has 3 heterocycles. The fraction of sp³-hybridized carbons (Fsp3) is 0.533. The first-order chi connectivity index (χ1) is 11.9. The summed E-state index contributed by atoms with van der Waals surface area (Å²) in [5.74, 6) is 0.605.